The molecule has 0 radical (unpaired) electrons. The number of nitrogens with zero attached hydrogens (tertiary/aromatic N) is 2. The van der Waals surface area contributed by atoms with Crippen LogP contribution in [0.2, 0.25) is 5.15 Å². The molecule has 0 aliphatic carbocycles. The fourth-order valence-electron chi connectivity index (χ4n) is 1.47. The fraction of sp³-hybridized carbons (Fsp3) is 0.143. The van der Waals surface area contributed by atoms with Crippen LogP contribution < -0.4 is 5.32 Å². The van der Waals surface area contributed by atoms with Crippen LogP contribution in [0.3, 0.4) is 0 Å². The number of hydrogen-bond donors (Lipinski definition) is 1. The summed E-state index contributed by atoms with van der Waals surface area (Å²) in [6.45, 7) is 1.46. The van der Waals surface area contributed by atoms with Gasteiger partial charge in [0.25, 0.3) is 5.91 Å². The second-order valence-electron chi connectivity index (χ2n) is 4.19. The summed E-state index contributed by atoms with van der Waals surface area (Å²) in [5, 5.41) is 2.55. The van der Waals surface area contributed by atoms with Crippen LogP contribution in [0.25, 0.3) is 0 Å². The molecule has 0 unspecified atom stereocenters. The van der Waals surface area contributed by atoms with Crippen molar-refractivity contribution in [3.05, 3.63) is 52.9 Å². The molecule has 0 saturated heterocycles. The van der Waals surface area contributed by atoms with Gasteiger partial charge in [0.2, 0.25) is 0 Å². The zero-order valence-electron chi connectivity index (χ0n) is 11.2. The zero-order valence-corrected chi connectivity index (χ0v) is 11.9. The number of anilines is 1. The van der Waals surface area contributed by atoms with Gasteiger partial charge in [-0.3, -0.25) is 4.79 Å². The Morgan fingerprint density at radius 2 is 2.10 bits per heavy atom. The predicted molar refractivity (Wildman–Crippen MR) is 77.1 cm³/mol. The maximum atomic E-state index is 11.7. The number of aromatic nitrogens is 2. The first-order chi connectivity index (χ1) is 10.1. The van der Waals surface area contributed by atoms with Crippen molar-refractivity contribution in [2.24, 2.45) is 0 Å². The molecule has 2 aromatic heterocycles. The average Bonchev–Trinajstić information content (AvgIpc) is 2.48. The summed E-state index contributed by atoms with van der Waals surface area (Å²) in [6, 6.07) is 6.49. The summed E-state index contributed by atoms with van der Waals surface area (Å²) in [7, 11) is 0. The average molecular weight is 306 g/mol. The third-order valence-electron chi connectivity index (χ3n) is 2.49. The van der Waals surface area contributed by atoms with Crippen LogP contribution >= 0.6 is 11.6 Å². The Kier molecular flexibility index (Phi) is 4.84. The molecule has 2 aromatic rings. The lowest BCUT2D eigenvalue weighted by molar-refractivity contribution is -0.119. The van der Waals surface area contributed by atoms with E-state index in [4.69, 9.17) is 16.3 Å². The molecule has 0 aromatic carbocycles. The Morgan fingerprint density at radius 3 is 2.76 bits per heavy atom. The summed E-state index contributed by atoms with van der Waals surface area (Å²) in [5.41, 5.74) is 1.09. The molecular weight excluding hydrogens is 294 g/mol. The van der Waals surface area contributed by atoms with Crippen LogP contribution in [0.15, 0.2) is 36.7 Å². The second-order valence-corrected chi connectivity index (χ2v) is 4.54. The molecule has 0 atom stereocenters. The van der Waals surface area contributed by atoms with E-state index in [1.165, 1.54) is 12.3 Å². The normalized spacial score (nSPS) is 10.0. The molecule has 2 heterocycles. The van der Waals surface area contributed by atoms with E-state index in [2.05, 4.69) is 15.3 Å². The number of halogens is 1. The van der Waals surface area contributed by atoms with Gasteiger partial charge in [-0.05, 0) is 30.7 Å². The number of amides is 1. The van der Waals surface area contributed by atoms with Crippen LogP contribution in [-0.2, 0) is 9.53 Å². The quantitative estimate of drug-likeness (QED) is 0.692. The summed E-state index contributed by atoms with van der Waals surface area (Å²) < 4.78 is 4.86. The Balaban J connectivity index is 1.88. The second kappa shape index (κ2) is 6.81. The van der Waals surface area contributed by atoms with E-state index in [-0.39, 0.29) is 10.7 Å². The number of nitrogens with one attached hydrogen (secondary N) is 1. The van der Waals surface area contributed by atoms with Crippen molar-refractivity contribution in [2.45, 2.75) is 6.92 Å². The van der Waals surface area contributed by atoms with E-state index in [0.717, 1.165) is 5.56 Å². The number of rotatable bonds is 4. The van der Waals surface area contributed by atoms with Gasteiger partial charge in [-0.25, -0.2) is 14.8 Å². The van der Waals surface area contributed by atoms with Crippen molar-refractivity contribution in [3.8, 4) is 0 Å². The Labute approximate surface area is 126 Å². The van der Waals surface area contributed by atoms with Crippen LogP contribution in [0.1, 0.15) is 15.9 Å². The van der Waals surface area contributed by atoms with Gasteiger partial charge in [0.15, 0.2) is 6.61 Å². The Morgan fingerprint density at radius 1 is 1.29 bits per heavy atom. The van der Waals surface area contributed by atoms with Gasteiger partial charge in [-0.2, -0.15) is 0 Å². The first kappa shape index (κ1) is 14.9. The number of pyridine rings is 2. The number of aryl methyl sites for hydroxylation is 1. The number of esters is 1. The third kappa shape index (κ3) is 4.25. The van der Waals surface area contributed by atoms with Crippen LogP contribution in [0.4, 0.5) is 5.82 Å². The summed E-state index contributed by atoms with van der Waals surface area (Å²) in [4.78, 5) is 31.1. The van der Waals surface area contributed by atoms with Gasteiger partial charge in [-0.1, -0.05) is 17.7 Å². The minimum atomic E-state index is -0.708. The highest BCUT2D eigenvalue weighted by atomic mass is 35.5. The van der Waals surface area contributed by atoms with E-state index >= 15 is 0 Å². The summed E-state index contributed by atoms with van der Waals surface area (Å²) >= 11 is 5.76. The molecule has 1 N–H and O–H groups in total. The van der Waals surface area contributed by atoms with Crippen molar-refractivity contribution < 1.29 is 14.3 Å². The van der Waals surface area contributed by atoms with Crippen LogP contribution in [0, 0.1) is 6.92 Å². The lowest BCUT2D eigenvalue weighted by atomic mass is 10.3. The number of hydrogen-bond acceptors (Lipinski definition) is 5. The van der Waals surface area contributed by atoms with Gasteiger partial charge >= 0.3 is 5.97 Å². The van der Waals surface area contributed by atoms with Crippen molar-refractivity contribution in [1.29, 1.82) is 0 Å². The lowest BCUT2D eigenvalue weighted by Crippen LogP contribution is -2.21. The van der Waals surface area contributed by atoms with Gasteiger partial charge in [0, 0.05) is 12.4 Å². The number of ether oxygens (including phenoxy) is 1. The van der Waals surface area contributed by atoms with Crippen molar-refractivity contribution >= 4 is 29.3 Å². The van der Waals surface area contributed by atoms with E-state index < -0.39 is 18.5 Å². The largest absolute Gasteiger partial charge is 0.452 e. The molecule has 0 fully saturated rings. The smallest absolute Gasteiger partial charge is 0.341 e. The first-order valence-electron chi connectivity index (χ1n) is 6.06. The van der Waals surface area contributed by atoms with Crippen molar-refractivity contribution in [2.75, 3.05) is 11.9 Å². The molecule has 21 heavy (non-hydrogen) atoms. The molecule has 0 aliphatic rings. The molecule has 2 rings (SSSR count). The number of carbonyl (C=O) groups is 2. The predicted octanol–water partition coefficient (Wildman–Crippen LogP) is 2.23. The highest BCUT2D eigenvalue weighted by molar-refractivity contribution is 6.32. The molecule has 0 saturated carbocycles. The lowest BCUT2D eigenvalue weighted by Gasteiger charge is -2.06. The van der Waals surface area contributed by atoms with E-state index in [1.807, 2.05) is 13.0 Å². The monoisotopic (exact) mass is 305 g/mol. The molecule has 108 valence electrons. The van der Waals surface area contributed by atoms with E-state index in [1.54, 1.807) is 18.3 Å². The number of carbonyl (C=O) groups excluding carboxylic acids is 2. The van der Waals surface area contributed by atoms with Crippen molar-refractivity contribution in [1.82, 2.24) is 9.97 Å². The molecule has 0 bridgehead atoms. The minimum absolute atomic E-state index is 0.0307. The van der Waals surface area contributed by atoms with Gasteiger partial charge in [0.05, 0.1) is 5.56 Å². The SMILES string of the molecule is Cc1ccc(NC(=O)COC(=O)c2cccnc2Cl)nc1. The Hall–Kier alpha value is -2.47. The molecular formula is C14H12ClN3O3. The molecule has 7 heteroatoms. The van der Waals surface area contributed by atoms with Gasteiger partial charge in [0.1, 0.15) is 11.0 Å². The minimum Gasteiger partial charge on any atom is -0.452 e. The maximum absolute atomic E-state index is 11.7. The van der Waals surface area contributed by atoms with Crippen LogP contribution in [-0.4, -0.2) is 28.5 Å². The van der Waals surface area contributed by atoms with E-state index in [0.29, 0.717) is 5.82 Å². The molecule has 1 amide bonds. The van der Waals surface area contributed by atoms with Gasteiger partial charge in [-0.15, -0.1) is 0 Å². The maximum Gasteiger partial charge on any atom is 0.341 e. The zero-order chi connectivity index (χ0) is 15.2. The van der Waals surface area contributed by atoms with Gasteiger partial charge < -0.3 is 10.1 Å². The topological polar surface area (TPSA) is 81.2 Å². The molecule has 0 aliphatic heterocycles. The highest BCUT2D eigenvalue weighted by Crippen LogP contribution is 2.12. The van der Waals surface area contributed by atoms with Crippen LogP contribution in [0.5, 0.6) is 0 Å². The summed E-state index contributed by atoms with van der Waals surface area (Å²) in [5.74, 6) is -0.805. The fourth-order valence-corrected chi connectivity index (χ4v) is 1.66. The van der Waals surface area contributed by atoms with Crippen molar-refractivity contribution in [3.63, 3.8) is 0 Å². The molecule has 6 nitrogen and oxygen atoms in total. The van der Waals surface area contributed by atoms with E-state index in [9.17, 15) is 9.59 Å². The molecule has 0 spiro atoms. The highest BCUT2D eigenvalue weighted by Gasteiger charge is 2.14. The Bertz CT molecular complexity index is 659. The third-order valence-corrected chi connectivity index (χ3v) is 2.79. The standard InChI is InChI=1S/C14H12ClN3O3/c1-9-4-5-11(17-7-9)18-12(19)8-21-14(20)10-3-2-6-16-13(10)15/h2-7H,8H2,1H3,(H,17,18,19). The summed E-state index contributed by atoms with van der Waals surface area (Å²) in [6.07, 6.45) is 3.08. The first-order valence-corrected chi connectivity index (χ1v) is 6.44.